The van der Waals surface area contributed by atoms with E-state index in [2.05, 4.69) is 0 Å². The Labute approximate surface area is 154 Å². The standard InChI is InChI=1S/C20H19F3O4/c21-20(22,23)12-1-13-26-17-9-4-16(5-10-17)14-27-18-7-2-15(3-8-18)6-11-19(24)25/h2-11H,1,12-14H2,(H,24,25)/b11-6+. The Hall–Kier alpha value is -2.96. The van der Waals surface area contributed by atoms with Gasteiger partial charge in [0, 0.05) is 12.5 Å². The van der Waals surface area contributed by atoms with Gasteiger partial charge in [-0.1, -0.05) is 24.3 Å². The smallest absolute Gasteiger partial charge is 0.389 e. The number of halogens is 3. The van der Waals surface area contributed by atoms with E-state index < -0.39 is 18.6 Å². The number of hydrogen-bond donors (Lipinski definition) is 1. The van der Waals surface area contributed by atoms with Gasteiger partial charge in [-0.15, -0.1) is 0 Å². The first-order valence-electron chi connectivity index (χ1n) is 8.24. The predicted molar refractivity (Wildman–Crippen MR) is 94.7 cm³/mol. The third-order valence-corrected chi connectivity index (χ3v) is 3.50. The molecular formula is C20H19F3O4. The minimum atomic E-state index is -4.16. The summed E-state index contributed by atoms with van der Waals surface area (Å²) in [4.78, 5) is 10.5. The lowest BCUT2D eigenvalue weighted by Gasteiger charge is -2.10. The van der Waals surface area contributed by atoms with Crippen LogP contribution in [0.4, 0.5) is 13.2 Å². The minimum Gasteiger partial charge on any atom is -0.494 e. The highest BCUT2D eigenvalue weighted by Crippen LogP contribution is 2.22. The van der Waals surface area contributed by atoms with E-state index in [1.165, 1.54) is 6.08 Å². The molecule has 0 aliphatic heterocycles. The Morgan fingerprint density at radius 3 is 2.15 bits per heavy atom. The SMILES string of the molecule is O=C(O)/C=C/c1ccc(OCc2ccc(OCCCC(F)(F)F)cc2)cc1. The van der Waals surface area contributed by atoms with E-state index in [1.54, 1.807) is 48.5 Å². The number of benzene rings is 2. The van der Waals surface area contributed by atoms with Crippen molar-refractivity contribution in [1.82, 2.24) is 0 Å². The summed E-state index contributed by atoms with van der Waals surface area (Å²) in [6, 6.07) is 13.9. The lowest BCUT2D eigenvalue weighted by Crippen LogP contribution is -2.09. The third-order valence-electron chi connectivity index (χ3n) is 3.50. The van der Waals surface area contributed by atoms with E-state index in [0.29, 0.717) is 18.1 Å². The van der Waals surface area contributed by atoms with Crippen molar-refractivity contribution in [2.75, 3.05) is 6.61 Å². The Bertz CT molecular complexity index is 750. The number of ether oxygens (including phenoxy) is 2. The zero-order chi connectivity index (χ0) is 19.7. The number of hydrogen-bond acceptors (Lipinski definition) is 3. The van der Waals surface area contributed by atoms with Gasteiger partial charge in [-0.05, 0) is 47.9 Å². The topological polar surface area (TPSA) is 55.8 Å². The van der Waals surface area contributed by atoms with Crippen LogP contribution in [-0.2, 0) is 11.4 Å². The second kappa shape index (κ2) is 9.66. The molecule has 2 aromatic rings. The molecule has 2 rings (SSSR count). The summed E-state index contributed by atoms with van der Waals surface area (Å²) in [5.41, 5.74) is 1.63. The molecule has 4 nitrogen and oxygen atoms in total. The molecule has 0 unspecified atom stereocenters. The van der Waals surface area contributed by atoms with Gasteiger partial charge >= 0.3 is 12.1 Å². The summed E-state index contributed by atoms with van der Waals surface area (Å²) in [7, 11) is 0. The van der Waals surface area contributed by atoms with Gasteiger partial charge in [0.15, 0.2) is 0 Å². The second-order valence-electron chi connectivity index (χ2n) is 5.74. The third kappa shape index (κ3) is 8.31. The van der Waals surface area contributed by atoms with E-state index in [9.17, 15) is 18.0 Å². The molecule has 0 spiro atoms. The molecule has 0 bridgehead atoms. The summed E-state index contributed by atoms with van der Waals surface area (Å²) in [6.45, 7) is 0.330. The molecule has 1 N–H and O–H groups in total. The van der Waals surface area contributed by atoms with Crippen LogP contribution in [0.25, 0.3) is 6.08 Å². The zero-order valence-corrected chi connectivity index (χ0v) is 14.4. The second-order valence-corrected chi connectivity index (χ2v) is 5.74. The van der Waals surface area contributed by atoms with Crippen LogP contribution in [-0.4, -0.2) is 23.9 Å². The van der Waals surface area contributed by atoms with Gasteiger partial charge in [-0.3, -0.25) is 0 Å². The van der Waals surface area contributed by atoms with Crippen LogP contribution < -0.4 is 9.47 Å². The van der Waals surface area contributed by atoms with Crippen LogP contribution in [0.2, 0.25) is 0 Å². The van der Waals surface area contributed by atoms with Gasteiger partial charge < -0.3 is 14.6 Å². The largest absolute Gasteiger partial charge is 0.494 e. The average Bonchev–Trinajstić information content (AvgIpc) is 2.63. The number of rotatable bonds is 9. The molecule has 2 aromatic carbocycles. The molecule has 0 aliphatic carbocycles. The van der Waals surface area contributed by atoms with Crippen LogP contribution in [0.5, 0.6) is 11.5 Å². The van der Waals surface area contributed by atoms with Gasteiger partial charge in [0.2, 0.25) is 0 Å². The molecule has 0 fully saturated rings. The predicted octanol–water partition coefficient (Wildman–Crippen LogP) is 5.08. The number of carboxylic acids is 1. The van der Waals surface area contributed by atoms with Gasteiger partial charge in [-0.25, -0.2) is 4.79 Å². The summed E-state index contributed by atoms with van der Waals surface area (Å²) in [5, 5.41) is 8.59. The van der Waals surface area contributed by atoms with Crippen LogP contribution >= 0.6 is 0 Å². The fraction of sp³-hybridized carbons (Fsp3) is 0.250. The van der Waals surface area contributed by atoms with E-state index in [1.807, 2.05) is 0 Å². The maximum absolute atomic E-state index is 12.1. The average molecular weight is 380 g/mol. The molecule has 0 heterocycles. The van der Waals surface area contributed by atoms with Crippen molar-refractivity contribution >= 4 is 12.0 Å². The van der Waals surface area contributed by atoms with Gasteiger partial charge in [0.05, 0.1) is 6.61 Å². The molecule has 27 heavy (non-hydrogen) atoms. The van der Waals surface area contributed by atoms with Crippen molar-refractivity contribution in [3.05, 3.63) is 65.7 Å². The van der Waals surface area contributed by atoms with Crippen LogP contribution in [0.1, 0.15) is 24.0 Å². The fourth-order valence-corrected chi connectivity index (χ4v) is 2.15. The molecule has 0 saturated heterocycles. The molecule has 0 aromatic heterocycles. The minimum absolute atomic E-state index is 0.0119. The quantitative estimate of drug-likeness (QED) is 0.487. The van der Waals surface area contributed by atoms with E-state index in [0.717, 1.165) is 17.2 Å². The Morgan fingerprint density at radius 2 is 1.56 bits per heavy atom. The van der Waals surface area contributed by atoms with Crippen molar-refractivity contribution in [3.8, 4) is 11.5 Å². The molecule has 0 atom stereocenters. The molecule has 0 aliphatic rings. The zero-order valence-electron chi connectivity index (χ0n) is 14.4. The number of carbonyl (C=O) groups is 1. The van der Waals surface area contributed by atoms with Crippen LogP contribution in [0.3, 0.4) is 0 Å². The van der Waals surface area contributed by atoms with Crippen LogP contribution in [0.15, 0.2) is 54.6 Å². The van der Waals surface area contributed by atoms with E-state index >= 15 is 0 Å². The highest BCUT2D eigenvalue weighted by molar-refractivity contribution is 5.85. The van der Waals surface area contributed by atoms with Crippen molar-refractivity contribution in [2.24, 2.45) is 0 Å². The Kier molecular flexibility index (Phi) is 7.28. The Morgan fingerprint density at radius 1 is 0.963 bits per heavy atom. The lowest BCUT2D eigenvalue weighted by atomic mass is 10.2. The highest BCUT2D eigenvalue weighted by atomic mass is 19.4. The van der Waals surface area contributed by atoms with E-state index in [4.69, 9.17) is 14.6 Å². The normalized spacial score (nSPS) is 11.5. The first kappa shape index (κ1) is 20.4. The monoisotopic (exact) mass is 380 g/mol. The first-order valence-corrected chi connectivity index (χ1v) is 8.24. The van der Waals surface area contributed by atoms with Crippen molar-refractivity contribution in [1.29, 1.82) is 0 Å². The summed E-state index contributed by atoms with van der Waals surface area (Å²) < 4.78 is 47.1. The summed E-state index contributed by atoms with van der Waals surface area (Å²) >= 11 is 0. The molecule has 7 heteroatoms. The van der Waals surface area contributed by atoms with Crippen molar-refractivity contribution in [3.63, 3.8) is 0 Å². The number of carboxylic acid groups (broad SMARTS) is 1. The molecule has 0 radical (unpaired) electrons. The van der Waals surface area contributed by atoms with Crippen molar-refractivity contribution in [2.45, 2.75) is 25.6 Å². The lowest BCUT2D eigenvalue weighted by molar-refractivity contribution is -0.136. The first-order chi connectivity index (χ1) is 12.8. The van der Waals surface area contributed by atoms with Crippen molar-refractivity contribution < 1.29 is 32.5 Å². The van der Waals surface area contributed by atoms with E-state index in [-0.39, 0.29) is 13.0 Å². The maximum Gasteiger partial charge on any atom is 0.389 e. The molecular weight excluding hydrogens is 361 g/mol. The highest BCUT2D eigenvalue weighted by Gasteiger charge is 2.26. The molecule has 144 valence electrons. The van der Waals surface area contributed by atoms with Crippen LogP contribution in [0, 0.1) is 0 Å². The number of alkyl halides is 3. The summed E-state index contributed by atoms with van der Waals surface area (Å²) in [5.74, 6) is 0.133. The Balaban J connectivity index is 1.77. The fourth-order valence-electron chi connectivity index (χ4n) is 2.15. The molecule has 0 saturated carbocycles. The number of aliphatic carboxylic acids is 1. The van der Waals surface area contributed by atoms with Gasteiger partial charge in [0.1, 0.15) is 18.1 Å². The maximum atomic E-state index is 12.1. The van der Waals surface area contributed by atoms with Gasteiger partial charge in [0.25, 0.3) is 0 Å². The van der Waals surface area contributed by atoms with Gasteiger partial charge in [-0.2, -0.15) is 13.2 Å². The molecule has 0 amide bonds. The summed E-state index contributed by atoms with van der Waals surface area (Å²) in [6.07, 6.45) is -2.55.